The van der Waals surface area contributed by atoms with Crippen LogP contribution in [0.3, 0.4) is 0 Å². The molecule has 0 spiro atoms. The molecule has 6 nitrogen and oxygen atoms in total. The second kappa shape index (κ2) is 11.5. The molecular weight excluding hydrogens is 516 g/mol. The van der Waals surface area contributed by atoms with Crippen molar-refractivity contribution in [3.8, 4) is 0 Å². The molecule has 1 fully saturated rings. The van der Waals surface area contributed by atoms with E-state index in [4.69, 9.17) is 4.74 Å². The van der Waals surface area contributed by atoms with Crippen LogP contribution >= 0.6 is 0 Å². The number of hydrogen-bond acceptors (Lipinski definition) is 6. The lowest BCUT2D eigenvalue weighted by molar-refractivity contribution is -0.440. The zero-order chi connectivity index (χ0) is 29.1. The highest BCUT2D eigenvalue weighted by atomic mass is 16.7. The lowest BCUT2D eigenvalue weighted by atomic mass is 9.56. The summed E-state index contributed by atoms with van der Waals surface area (Å²) in [5.41, 5.74) is -4.30. The first-order chi connectivity index (χ1) is 19.6. The maximum Gasteiger partial charge on any atom is 0.195 e. The average molecular weight is 555 g/mol. The van der Waals surface area contributed by atoms with Gasteiger partial charge >= 0.3 is 0 Å². The number of hydrogen-bond donors (Lipinski definition) is 5. The van der Waals surface area contributed by atoms with Gasteiger partial charge in [0.1, 0.15) is 17.3 Å². The van der Waals surface area contributed by atoms with E-state index in [0.717, 1.165) is 5.56 Å². The smallest absolute Gasteiger partial charge is 0.195 e. The molecule has 1 saturated heterocycles. The van der Waals surface area contributed by atoms with E-state index >= 15 is 0 Å². The largest absolute Gasteiger partial charge is 0.390 e. The van der Waals surface area contributed by atoms with Crippen LogP contribution in [0.25, 0.3) is 0 Å². The zero-order valence-corrected chi connectivity index (χ0v) is 23.2. The van der Waals surface area contributed by atoms with E-state index in [9.17, 15) is 25.5 Å². The Bertz CT molecular complexity index is 1400. The molecule has 1 aliphatic rings. The Kier molecular flexibility index (Phi) is 8.17. The van der Waals surface area contributed by atoms with Gasteiger partial charge in [0, 0.05) is 25.7 Å². The third kappa shape index (κ3) is 5.47. The quantitative estimate of drug-likeness (QED) is 0.216. The molecule has 2 unspecified atom stereocenters. The summed E-state index contributed by atoms with van der Waals surface area (Å²) >= 11 is 0. The number of rotatable bonds is 9. The zero-order valence-electron chi connectivity index (χ0n) is 23.2. The molecule has 214 valence electrons. The highest BCUT2D eigenvalue weighted by Crippen LogP contribution is 2.53. The fourth-order valence-electron chi connectivity index (χ4n) is 6.32. The monoisotopic (exact) mass is 554 g/mol. The van der Waals surface area contributed by atoms with Gasteiger partial charge in [0.25, 0.3) is 0 Å². The second-order valence-corrected chi connectivity index (χ2v) is 11.4. The van der Waals surface area contributed by atoms with E-state index in [1.807, 2.05) is 84.9 Å². The summed E-state index contributed by atoms with van der Waals surface area (Å²) in [7, 11) is 0. The first-order valence-corrected chi connectivity index (χ1v) is 14.0. The summed E-state index contributed by atoms with van der Waals surface area (Å²) in [5.74, 6) is -2.36. The molecule has 0 radical (unpaired) electrons. The van der Waals surface area contributed by atoms with Crippen molar-refractivity contribution in [2.24, 2.45) is 0 Å². The van der Waals surface area contributed by atoms with Gasteiger partial charge in [0.2, 0.25) is 0 Å². The van der Waals surface area contributed by atoms with E-state index < -0.39 is 34.8 Å². The van der Waals surface area contributed by atoms with Crippen molar-refractivity contribution >= 4 is 0 Å². The summed E-state index contributed by atoms with van der Waals surface area (Å²) in [5, 5.41) is 61.9. The van der Waals surface area contributed by atoms with Gasteiger partial charge in [-0.3, -0.25) is 0 Å². The summed E-state index contributed by atoms with van der Waals surface area (Å²) in [4.78, 5) is 0. The Hall–Kier alpha value is -3.36. The predicted molar refractivity (Wildman–Crippen MR) is 157 cm³/mol. The van der Waals surface area contributed by atoms with E-state index in [2.05, 4.69) is 0 Å². The minimum atomic E-state index is -2.40. The standard InChI is InChI=1S/C35H38O6/c1-32(37)34(39,24-28-18-10-4-11-19-28)35(40,25-29-20-12-5-13-21-29)33(38,23-27-16-8-3-9-17-27)31(41-32)30(36)22-26-14-6-2-7-15-26/h2-21,30-31,36-40H,22-25H2,1H3/t30?,31-,32?,33-,34-,35+/m1/s1. The lowest BCUT2D eigenvalue weighted by Crippen LogP contribution is -2.86. The van der Waals surface area contributed by atoms with Crippen LogP contribution in [-0.2, 0) is 30.4 Å². The third-order valence-electron chi connectivity index (χ3n) is 8.55. The van der Waals surface area contributed by atoms with Crippen molar-refractivity contribution in [2.75, 3.05) is 0 Å². The molecule has 0 saturated carbocycles. The maximum absolute atomic E-state index is 13.0. The molecule has 0 aliphatic carbocycles. The molecule has 0 amide bonds. The third-order valence-corrected chi connectivity index (χ3v) is 8.55. The average Bonchev–Trinajstić information content (AvgIpc) is 2.97. The molecule has 1 aliphatic heterocycles. The molecule has 4 aromatic rings. The number of aliphatic hydroxyl groups is 5. The summed E-state index contributed by atoms with van der Waals surface area (Å²) in [6.45, 7) is 1.29. The Morgan fingerprint density at radius 2 is 0.927 bits per heavy atom. The minimum absolute atomic E-state index is 0.0945. The topological polar surface area (TPSA) is 110 Å². The minimum Gasteiger partial charge on any atom is -0.390 e. The molecule has 0 bridgehead atoms. The molecule has 6 atom stereocenters. The number of benzene rings is 4. The van der Waals surface area contributed by atoms with Crippen molar-refractivity contribution in [3.63, 3.8) is 0 Å². The molecule has 4 aromatic carbocycles. The predicted octanol–water partition coefficient (Wildman–Crippen LogP) is 3.62. The van der Waals surface area contributed by atoms with Crippen LogP contribution in [0.15, 0.2) is 121 Å². The van der Waals surface area contributed by atoms with Crippen molar-refractivity contribution in [1.29, 1.82) is 0 Å². The van der Waals surface area contributed by atoms with Gasteiger partial charge in [-0.15, -0.1) is 0 Å². The van der Waals surface area contributed by atoms with Gasteiger partial charge in [-0.05, 0) is 29.2 Å². The molecule has 0 aromatic heterocycles. The SMILES string of the molecule is CC1(O)O[C@H](C(O)Cc2ccccc2)[C@](O)(Cc2ccccc2)[C@@](O)(Cc2ccccc2)[C@@]1(O)Cc1ccccc1. The van der Waals surface area contributed by atoms with Gasteiger partial charge in [0.15, 0.2) is 11.4 Å². The Labute approximate surface area is 241 Å². The Balaban J connectivity index is 1.69. The molecule has 41 heavy (non-hydrogen) atoms. The normalized spacial score (nSPS) is 30.5. The van der Waals surface area contributed by atoms with E-state index in [-0.39, 0.29) is 25.7 Å². The van der Waals surface area contributed by atoms with Crippen LogP contribution in [0.5, 0.6) is 0 Å². The summed E-state index contributed by atoms with van der Waals surface area (Å²) in [6.07, 6.45) is -3.29. The highest BCUT2D eigenvalue weighted by Gasteiger charge is 2.75. The van der Waals surface area contributed by atoms with Crippen LogP contribution in [0.1, 0.15) is 29.2 Å². The van der Waals surface area contributed by atoms with Crippen molar-refractivity contribution in [2.45, 2.75) is 67.4 Å². The van der Waals surface area contributed by atoms with E-state index in [1.54, 1.807) is 36.4 Å². The van der Waals surface area contributed by atoms with Gasteiger partial charge < -0.3 is 30.3 Å². The first kappa shape index (κ1) is 29.1. The molecule has 5 rings (SSSR count). The van der Waals surface area contributed by atoms with Crippen molar-refractivity contribution in [1.82, 2.24) is 0 Å². The van der Waals surface area contributed by atoms with E-state index in [0.29, 0.717) is 16.7 Å². The maximum atomic E-state index is 13.0. The van der Waals surface area contributed by atoms with Crippen LogP contribution in [0, 0.1) is 0 Å². The Morgan fingerprint density at radius 3 is 1.37 bits per heavy atom. The van der Waals surface area contributed by atoms with Gasteiger partial charge in [0.05, 0.1) is 6.10 Å². The highest BCUT2D eigenvalue weighted by molar-refractivity contribution is 5.34. The van der Waals surface area contributed by atoms with Crippen LogP contribution < -0.4 is 0 Å². The van der Waals surface area contributed by atoms with Crippen molar-refractivity contribution < 1.29 is 30.3 Å². The Morgan fingerprint density at radius 1 is 0.561 bits per heavy atom. The molecule has 6 heteroatoms. The van der Waals surface area contributed by atoms with Crippen LogP contribution in [0.2, 0.25) is 0 Å². The first-order valence-electron chi connectivity index (χ1n) is 14.0. The summed E-state index contributed by atoms with van der Waals surface area (Å²) < 4.78 is 6.16. The molecule has 5 N–H and O–H groups in total. The van der Waals surface area contributed by atoms with Gasteiger partial charge in [-0.1, -0.05) is 121 Å². The second-order valence-electron chi connectivity index (χ2n) is 11.4. The number of ether oxygens (including phenoxy) is 1. The number of aliphatic hydroxyl groups excluding tert-OH is 1. The van der Waals surface area contributed by atoms with Crippen LogP contribution in [-0.4, -0.2) is 60.3 Å². The van der Waals surface area contributed by atoms with Gasteiger partial charge in [-0.25, -0.2) is 0 Å². The van der Waals surface area contributed by atoms with Crippen molar-refractivity contribution in [3.05, 3.63) is 144 Å². The van der Waals surface area contributed by atoms with Gasteiger partial charge in [-0.2, -0.15) is 0 Å². The summed E-state index contributed by atoms with van der Waals surface area (Å²) in [6, 6.07) is 36.4. The lowest BCUT2D eigenvalue weighted by Gasteiger charge is -2.64. The van der Waals surface area contributed by atoms with Crippen LogP contribution in [0.4, 0.5) is 0 Å². The fraction of sp³-hybridized carbons (Fsp3) is 0.314. The fourth-order valence-corrected chi connectivity index (χ4v) is 6.32. The molecule has 1 heterocycles. The van der Waals surface area contributed by atoms with E-state index in [1.165, 1.54) is 6.92 Å². The molecular formula is C35H38O6.